The molecule has 0 saturated carbocycles. The van der Waals surface area contributed by atoms with E-state index < -0.39 is 0 Å². The molecular formula is C13H19N3OS2. The van der Waals surface area contributed by atoms with Crippen molar-refractivity contribution in [2.45, 2.75) is 12.2 Å². The largest absolute Gasteiger partial charge is 0.370 e. The number of aromatic nitrogens is 1. The maximum Gasteiger partial charge on any atom is 0.270 e. The molecule has 2 rings (SSSR count). The van der Waals surface area contributed by atoms with E-state index in [4.69, 9.17) is 0 Å². The molecule has 0 aliphatic carbocycles. The van der Waals surface area contributed by atoms with Crippen LogP contribution in [0.3, 0.4) is 0 Å². The molecule has 2 N–H and O–H groups in total. The summed E-state index contributed by atoms with van der Waals surface area (Å²) in [4.78, 5) is 16.3. The fourth-order valence-electron chi connectivity index (χ4n) is 1.79. The Morgan fingerprint density at radius 3 is 3.11 bits per heavy atom. The van der Waals surface area contributed by atoms with Crippen molar-refractivity contribution in [3.05, 3.63) is 23.9 Å². The summed E-state index contributed by atoms with van der Waals surface area (Å²) in [6, 6.07) is 5.47. The van der Waals surface area contributed by atoms with Gasteiger partial charge in [0, 0.05) is 35.6 Å². The Labute approximate surface area is 122 Å². The summed E-state index contributed by atoms with van der Waals surface area (Å²) in [5.74, 6) is 4.19. The molecule has 1 unspecified atom stereocenters. The third-order valence-electron chi connectivity index (χ3n) is 2.71. The van der Waals surface area contributed by atoms with Crippen molar-refractivity contribution in [2.24, 2.45) is 0 Å². The van der Waals surface area contributed by atoms with E-state index in [1.165, 1.54) is 11.5 Å². The molecule has 1 aromatic rings. The number of carbonyl (C=O) groups is 1. The van der Waals surface area contributed by atoms with Crippen LogP contribution >= 0.6 is 23.5 Å². The Morgan fingerprint density at radius 1 is 1.47 bits per heavy atom. The Morgan fingerprint density at radius 2 is 2.37 bits per heavy atom. The van der Waals surface area contributed by atoms with Gasteiger partial charge in [0.1, 0.15) is 11.5 Å². The second kappa shape index (κ2) is 7.65. The van der Waals surface area contributed by atoms with Crippen LogP contribution < -0.4 is 10.6 Å². The molecule has 1 aromatic heterocycles. The number of nitrogens with one attached hydrogen (secondary N) is 2. The van der Waals surface area contributed by atoms with Gasteiger partial charge in [-0.25, -0.2) is 4.98 Å². The highest BCUT2D eigenvalue weighted by Gasteiger charge is 2.16. The SMILES string of the molecule is CCNc1cccc(C(=O)NCC2CSCCS2)n1. The fraction of sp³-hybridized carbons (Fsp3) is 0.538. The van der Waals surface area contributed by atoms with Crippen LogP contribution in [-0.2, 0) is 0 Å². The monoisotopic (exact) mass is 297 g/mol. The van der Waals surface area contributed by atoms with Gasteiger partial charge in [-0.15, -0.1) is 0 Å². The van der Waals surface area contributed by atoms with Crippen molar-refractivity contribution in [3.63, 3.8) is 0 Å². The van der Waals surface area contributed by atoms with Gasteiger partial charge in [-0.1, -0.05) is 6.07 Å². The minimum atomic E-state index is -0.0871. The molecule has 1 aliphatic rings. The van der Waals surface area contributed by atoms with E-state index in [0.29, 0.717) is 10.9 Å². The van der Waals surface area contributed by atoms with Crippen LogP contribution in [0.1, 0.15) is 17.4 Å². The Balaban J connectivity index is 1.86. The van der Waals surface area contributed by atoms with E-state index in [0.717, 1.165) is 24.7 Å². The van der Waals surface area contributed by atoms with E-state index in [2.05, 4.69) is 15.6 Å². The number of anilines is 1. The van der Waals surface area contributed by atoms with Crippen molar-refractivity contribution in [2.75, 3.05) is 35.7 Å². The topological polar surface area (TPSA) is 54.0 Å². The number of nitrogens with zero attached hydrogens (tertiary/aromatic N) is 1. The second-order valence-corrected chi connectivity index (χ2v) is 6.77. The lowest BCUT2D eigenvalue weighted by atomic mass is 10.3. The zero-order valence-corrected chi connectivity index (χ0v) is 12.6. The number of amides is 1. The molecule has 104 valence electrons. The molecule has 6 heteroatoms. The average molecular weight is 297 g/mol. The maximum absolute atomic E-state index is 12.0. The number of hydrogen-bond donors (Lipinski definition) is 2. The zero-order valence-electron chi connectivity index (χ0n) is 11.0. The molecule has 1 saturated heterocycles. The first kappa shape index (κ1) is 14.5. The summed E-state index contributed by atoms with van der Waals surface area (Å²) in [7, 11) is 0. The summed E-state index contributed by atoms with van der Waals surface area (Å²) in [6.45, 7) is 3.53. The van der Waals surface area contributed by atoms with Crippen LogP contribution in [0.25, 0.3) is 0 Å². The molecule has 1 fully saturated rings. The van der Waals surface area contributed by atoms with Gasteiger partial charge in [0.05, 0.1) is 0 Å². The molecule has 0 radical (unpaired) electrons. The van der Waals surface area contributed by atoms with E-state index >= 15 is 0 Å². The third-order valence-corrected chi connectivity index (χ3v) is 5.56. The quantitative estimate of drug-likeness (QED) is 0.871. The fourth-order valence-corrected chi connectivity index (χ4v) is 4.40. The number of carbonyl (C=O) groups excluding carboxylic acids is 1. The van der Waals surface area contributed by atoms with Gasteiger partial charge in [-0.05, 0) is 19.1 Å². The number of hydrogen-bond acceptors (Lipinski definition) is 5. The lowest BCUT2D eigenvalue weighted by molar-refractivity contribution is 0.0949. The first-order chi connectivity index (χ1) is 9.29. The molecule has 19 heavy (non-hydrogen) atoms. The molecule has 0 spiro atoms. The standard InChI is InChI=1S/C13H19N3OS2/c1-2-14-12-5-3-4-11(16-12)13(17)15-8-10-9-18-6-7-19-10/h3-5,10H,2,6-9H2,1H3,(H,14,16)(H,15,17). The summed E-state index contributed by atoms with van der Waals surface area (Å²) in [5, 5.41) is 6.61. The first-order valence-corrected chi connectivity index (χ1v) is 8.68. The van der Waals surface area contributed by atoms with Crippen LogP contribution in [0.2, 0.25) is 0 Å². The van der Waals surface area contributed by atoms with E-state index in [9.17, 15) is 4.79 Å². The second-order valence-electron chi connectivity index (χ2n) is 4.22. The van der Waals surface area contributed by atoms with E-state index in [1.54, 1.807) is 6.07 Å². The molecule has 2 heterocycles. The zero-order chi connectivity index (χ0) is 13.5. The van der Waals surface area contributed by atoms with Gasteiger partial charge >= 0.3 is 0 Å². The highest BCUT2D eigenvalue weighted by Crippen LogP contribution is 2.23. The maximum atomic E-state index is 12.0. The van der Waals surface area contributed by atoms with Crippen molar-refractivity contribution >= 4 is 35.2 Å². The number of pyridine rings is 1. The van der Waals surface area contributed by atoms with Gasteiger partial charge < -0.3 is 10.6 Å². The molecule has 0 bridgehead atoms. The number of rotatable bonds is 5. The van der Waals surface area contributed by atoms with Gasteiger partial charge in [0.25, 0.3) is 5.91 Å². The molecule has 0 aromatic carbocycles. The minimum Gasteiger partial charge on any atom is -0.370 e. The van der Waals surface area contributed by atoms with Gasteiger partial charge in [0.15, 0.2) is 0 Å². The highest BCUT2D eigenvalue weighted by molar-refractivity contribution is 8.06. The van der Waals surface area contributed by atoms with Crippen LogP contribution in [-0.4, -0.2) is 46.5 Å². The highest BCUT2D eigenvalue weighted by atomic mass is 32.2. The normalized spacial score (nSPS) is 18.9. The third kappa shape index (κ3) is 4.62. The Bertz CT molecular complexity index is 422. The summed E-state index contributed by atoms with van der Waals surface area (Å²) in [6.07, 6.45) is 0. The predicted octanol–water partition coefficient (Wildman–Crippen LogP) is 2.09. The molecular weight excluding hydrogens is 278 g/mol. The predicted molar refractivity (Wildman–Crippen MR) is 84.3 cm³/mol. The Kier molecular flexibility index (Phi) is 5.85. The first-order valence-electron chi connectivity index (χ1n) is 6.48. The minimum absolute atomic E-state index is 0.0871. The van der Waals surface area contributed by atoms with Crippen LogP contribution in [0.5, 0.6) is 0 Å². The van der Waals surface area contributed by atoms with Crippen molar-refractivity contribution < 1.29 is 4.79 Å². The smallest absolute Gasteiger partial charge is 0.270 e. The van der Waals surface area contributed by atoms with Crippen LogP contribution in [0.4, 0.5) is 5.82 Å². The van der Waals surface area contributed by atoms with Gasteiger partial charge in [-0.3, -0.25) is 4.79 Å². The van der Waals surface area contributed by atoms with Crippen molar-refractivity contribution in [1.82, 2.24) is 10.3 Å². The van der Waals surface area contributed by atoms with Crippen LogP contribution in [0.15, 0.2) is 18.2 Å². The Hall–Kier alpha value is -0.880. The molecule has 4 nitrogen and oxygen atoms in total. The lowest BCUT2D eigenvalue weighted by Gasteiger charge is -2.21. The molecule has 1 amide bonds. The van der Waals surface area contributed by atoms with Gasteiger partial charge in [-0.2, -0.15) is 23.5 Å². The molecule has 1 atom stereocenters. The summed E-state index contributed by atoms with van der Waals surface area (Å²) in [5.41, 5.74) is 0.479. The average Bonchev–Trinajstić information content (AvgIpc) is 2.46. The van der Waals surface area contributed by atoms with E-state index in [1.807, 2.05) is 42.6 Å². The number of thioether (sulfide) groups is 2. The van der Waals surface area contributed by atoms with Crippen LogP contribution in [0, 0.1) is 0 Å². The summed E-state index contributed by atoms with van der Waals surface area (Å²) >= 11 is 3.91. The molecule has 1 aliphatic heterocycles. The summed E-state index contributed by atoms with van der Waals surface area (Å²) < 4.78 is 0. The van der Waals surface area contributed by atoms with Crippen molar-refractivity contribution in [1.29, 1.82) is 0 Å². The lowest BCUT2D eigenvalue weighted by Crippen LogP contribution is -2.33. The van der Waals surface area contributed by atoms with Gasteiger partial charge in [0.2, 0.25) is 0 Å². The van der Waals surface area contributed by atoms with Crippen molar-refractivity contribution in [3.8, 4) is 0 Å². The van der Waals surface area contributed by atoms with E-state index in [-0.39, 0.29) is 5.91 Å².